The van der Waals surface area contributed by atoms with Gasteiger partial charge in [0.2, 0.25) is 5.91 Å². The maximum absolute atomic E-state index is 13.0. The van der Waals surface area contributed by atoms with Crippen molar-refractivity contribution in [3.05, 3.63) is 41.8 Å². The van der Waals surface area contributed by atoms with Gasteiger partial charge in [0.05, 0.1) is 11.6 Å². The molecule has 2 heterocycles. The molecule has 148 valence electrons. The number of aromatic nitrogens is 2. The maximum Gasteiger partial charge on any atom is 0.226 e. The number of nitrogens with zero attached hydrogens (tertiary/aromatic N) is 2. The first-order valence-corrected chi connectivity index (χ1v) is 9.39. The molecule has 1 unspecified atom stereocenters. The van der Waals surface area contributed by atoms with Crippen LogP contribution < -0.4 is 5.32 Å². The number of hydrogen-bond acceptors (Lipinski definition) is 3. The van der Waals surface area contributed by atoms with Gasteiger partial charge in [0.15, 0.2) is 0 Å². The van der Waals surface area contributed by atoms with E-state index in [1.807, 2.05) is 18.0 Å². The molecule has 1 saturated heterocycles. The van der Waals surface area contributed by atoms with E-state index in [0.29, 0.717) is 0 Å². The fourth-order valence-electron chi connectivity index (χ4n) is 3.39. The number of nitrogens with one attached hydrogen (secondary N) is 2. The van der Waals surface area contributed by atoms with E-state index in [1.165, 1.54) is 12.1 Å². The Kier molecular flexibility index (Phi) is 8.25. The number of unbranched alkanes of at least 4 members (excludes halogenated alkanes) is 2. The lowest BCUT2D eigenvalue weighted by atomic mass is 10.1. The predicted octanol–water partition coefficient (Wildman–Crippen LogP) is 3.42. The molecular weight excluding hydrogens is 367 g/mol. The van der Waals surface area contributed by atoms with Gasteiger partial charge >= 0.3 is 0 Å². The van der Waals surface area contributed by atoms with Gasteiger partial charge in [-0.1, -0.05) is 6.42 Å². The summed E-state index contributed by atoms with van der Waals surface area (Å²) in [6.07, 6.45) is 5.03. The molecule has 1 aromatic heterocycles. The number of carbonyl (C=O) groups is 1. The second-order valence-corrected chi connectivity index (χ2v) is 7.05. The summed E-state index contributed by atoms with van der Waals surface area (Å²) in [7, 11) is 1.91. The predicted molar refractivity (Wildman–Crippen MR) is 107 cm³/mol. The Hall–Kier alpha value is -1.92. The first-order chi connectivity index (χ1) is 12.6. The Morgan fingerprint density at radius 2 is 2.04 bits per heavy atom. The van der Waals surface area contributed by atoms with Crippen LogP contribution in [0.4, 0.5) is 4.39 Å². The number of rotatable bonds is 8. The molecule has 2 N–H and O–H groups in total. The molecule has 1 aliphatic heterocycles. The van der Waals surface area contributed by atoms with Crippen molar-refractivity contribution in [2.45, 2.75) is 32.1 Å². The summed E-state index contributed by atoms with van der Waals surface area (Å²) in [6, 6.07) is 8.40. The minimum Gasteiger partial charge on any atom is -0.345 e. The molecule has 0 aliphatic carbocycles. The van der Waals surface area contributed by atoms with E-state index in [0.717, 1.165) is 68.7 Å². The summed E-state index contributed by atoms with van der Waals surface area (Å²) in [5, 5.41) is 10.6. The summed E-state index contributed by atoms with van der Waals surface area (Å²) in [5.74, 6) is 0.194. The first kappa shape index (κ1) is 21.4. The lowest BCUT2D eigenvalue weighted by Crippen LogP contribution is -2.34. The molecule has 1 aromatic carbocycles. The van der Waals surface area contributed by atoms with Crippen LogP contribution in [-0.4, -0.2) is 47.7 Å². The average molecular weight is 395 g/mol. The second kappa shape index (κ2) is 10.4. The van der Waals surface area contributed by atoms with Gasteiger partial charge in [-0.05, 0) is 62.6 Å². The highest BCUT2D eigenvalue weighted by atomic mass is 35.5. The van der Waals surface area contributed by atoms with Crippen molar-refractivity contribution in [1.29, 1.82) is 0 Å². The zero-order valence-electron chi connectivity index (χ0n) is 15.7. The monoisotopic (exact) mass is 394 g/mol. The quantitative estimate of drug-likeness (QED) is 0.674. The Bertz CT molecular complexity index is 713. The summed E-state index contributed by atoms with van der Waals surface area (Å²) < 4.78 is 13.0. The van der Waals surface area contributed by atoms with Crippen LogP contribution in [0.1, 0.15) is 31.4 Å². The fourth-order valence-corrected chi connectivity index (χ4v) is 3.39. The summed E-state index contributed by atoms with van der Waals surface area (Å²) in [5.41, 5.74) is 2.84. The molecule has 2 aromatic rings. The topological polar surface area (TPSA) is 61.0 Å². The third-order valence-electron chi connectivity index (χ3n) is 5.00. The van der Waals surface area contributed by atoms with E-state index in [9.17, 15) is 9.18 Å². The van der Waals surface area contributed by atoms with Gasteiger partial charge in [0.1, 0.15) is 5.82 Å². The smallest absolute Gasteiger partial charge is 0.226 e. The van der Waals surface area contributed by atoms with Crippen LogP contribution in [0.2, 0.25) is 0 Å². The van der Waals surface area contributed by atoms with Crippen LogP contribution in [0, 0.1) is 11.7 Å². The number of aryl methyl sites for hydroxylation is 1. The highest BCUT2D eigenvalue weighted by Crippen LogP contribution is 2.19. The molecule has 1 amide bonds. The molecule has 1 fully saturated rings. The normalized spacial score (nSPS) is 16.1. The van der Waals surface area contributed by atoms with Gasteiger partial charge in [-0.2, -0.15) is 5.10 Å². The SMILES string of the molecule is CN(CCCCCc1cc(-c2ccc(F)cc2)n[nH]1)C(=O)C1CCNC1.Cl. The minimum atomic E-state index is -0.239. The number of H-pyrrole nitrogens is 1. The number of amides is 1. The number of hydrogen-bond donors (Lipinski definition) is 2. The fraction of sp³-hybridized carbons (Fsp3) is 0.500. The molecule has 7 heteroatoms. The Balaban J connectivity index is 0.00000261. The highest BCUT2D eigenvalue weighted by molar-refractivity contribution is 5.85. The number of halogens is 2. The van der Waals surface area contributed by atoms with Crippen molar-refractivity contribution in [1.82, 2.24) is 20.4 Å². The zero-order valence-corrected chi connectivity index (χ0v) is 16.5. The van der Waals surface area contributed by atoms with Crippen LogP contribution in [0.5, 0.6) is 0 Å². The Morgan fingerprint density at radius 3 is 2.74 bits per heavy atom. The van der Waals surface area contributed by atoms with E-state index in [-0.39, 0.29) is 30.0 Å². The lowest BCUT2D eigenvalue weighted by Gasteiger charge is -2.20. The van der Waals surface area contributed by atoms with E-state index < -0.39 is 0 Å². The van der Waals surface area contributed by atoms with E-state index in [4.69, 9.17) is 0 Å². The van der Waals surface area contributed by atoms with E-state index in [2.05, 4.69) is 15.5 Å². The lowest BCUT2D eigenvalue weighted by molar-refractivity contribution is -0.133. The van der Waals surface area contributed by atoms with Crippen molar-refractivity contribution in [3.8, 4) is 11.3 Å². The molecule has 0 spiro atoms. The minimum absolute atomic E-state index is 0. The molecule has 0 radical (unpaired) electrons. The van der Waals surface area contributed by atoms with Crippen LogP contribution >= 0.6 is 12.4 Å². The number of aromatic amines is 1. The third kappa shape index (κ3) is 6.04. The second-order valence-electron chi connectivity index (χ2n) is 7.05. The molecule has 3 rings (SSSR count). The average Bonchev–Trinajstić information content (AvgIpc) is 3.33. The van der Waals surface area contributed by atoms with Gasteiger partial charge in [0.25, 0.3) is 0 Å². The largest absolute Gasteiger partial charge is 0.345 e. The molecule has 27 heavy (non-hydrogen) atoms. The molecular formula is C20H28ClFN4O. The molecule has 1 atom stereocenters. The van der Waals surface area contributed by atoms with Crippen molar-refractivity contribution >= 4 is 18.3 Å². The zero-order chi connectivity index (χ0) is 18.4. The van der Waals surface area contributed by atoms with Crippen LogP contribution in [-0.2, 0) is 11.2 Å². The van der Waals surface area contributed by atoms with Crippen LogP contribution in [0.3, 0.4) is 0 Å². The van der Waals surface area contributed by atoms with Crippen molar-refractivity contribution in [2.75, 3.05) is 26.7 Å². The molecule has 0 bridgehead atoms. The summed E-state index contributed by atoms with van der Waals surface area (Å²) in [4.78, 5) is 14.1. The first-order valence-electron chi connectivity index (χ1n) is 9.39. The Morgan fingerprint density at radius 1 is 1.26 bits per heavy atom. The van der Waals surface area contributed by atoms with Crippen LogP contribution in [0.15, 0.2) is 30.3 Å². The van der Waals surface area contributed by atoms with E-state index >= 15 is 0 Å². The van der Waals surface area contributed by atoms with E-state index in [1.54, 1.807) is 12.1 Å². The van der Waals surface area contributed by atoms with Gasteiger partial charge in [0, 0.05) is 31.4 Å². The summed E-state index contributed by atoms with van der Waals surface area (Å²) in [6.45, 7) is 2.59. The van der Waals surface area contributed by atoms with Crippen molar-refractivity contribution in [3.63, 3.8) is 0 Å². The van der Waals surface area contributed by atoms with Crippen molar-refractivity contribution in [2.24, 2.45) is 5.92 Å². The molecule has 1 aliphatic rings. The molecule has 5 nitrogen and oxygen atoms in total. The van der Waals surface area contributed by atoms with Crippen LogP contribution in [0.25, 0.3) is 11.3 Å². The number of carbonyl (C=O) groups excluding carboxylic acids is 1. The standard InChI is InChI=1S/C20H27FN4O.ClH/c1-25(20(26)16-10-11-22-14-16)12-4-2-3-5-18-13-19(24-23-18)15-6-8-17(21)9-7-15;/h6-9,13,16,22H,2-5,10-12,14H2,1H3,(H,23,24);1H. The summed E-state index contributed by atoms with van der Waals surface area (Å²) >= 11 is 0. The molecule has 0 saturated carbocycles. The number of benzene rings is 1. The van der Waals surface area contributed by atoms with Gasteiger partial charge in [-0.25, -0.2) is 4.39 Å². The van der Waals surface area contributed by atoms with Gasteiger partial charge in [-0.3, -0.25) is 9.89 Å². The van der Waals surface area contributed by atoms with Gasteiger partial charge < -0.3 is 10.2 Å². The maximum atomic E-state index is 13.0. The highest BCUT2D eigenvalue weighted by Gasteiger charge is 2.24. The Labute approximate surface area is 166 Å². The van der Waals surface area contributed by atoms with Gasteiger partial charge in [-0.15, -0.1) is 12.4 Å². The van der Waals surface area contributed by atoms with Crippen molar-refractivity contribution < 1.29 is 9.18 Å². The third-order valence-corrected chi connectivity index (χ3v) is 5.00.